The molecule has 3 N–H and O–H groups in total. The third-order valence-corrected chi connectivity index (χ3v) is 6.95. The molecule has 35 heavy (non-hydrogen) atoms. The molecule has 1 saturated carbocycles. The van der Waals surface area contributed by atoms with Crippen LogP contribution < -0.4 is 10.6 Å². The Morgan fingerprint density at radius 1 is 1.20 bits per heavy atom. The molecule has 2 fully saturated rings. The molecule has 5 rings (SSSR count). The van der Waals surface area contributed by atoms with E-state index >= 15 is 0 Å². The zero-order valence-corrected chi connectivity index (χ0v) is 19.6. The Kier molecular flexibility index (Phi) is 6.65. The van der Waals surface area contributed by atoms with Crippen molar-refractivity contribution in [1.82, 2.24) is 29.3 Å². The molecule has 1 aliphatic carbocycles. The number of halogens is 2. The summed E-state index contributed by atoms with van der Waals surface area (Å²) in [6.07, 6.45) is 6.43. The molecule has 12 heteroatoms. The standard InChI is InChI=1S/C23H30F2N8O2/c1-31-9-6-14(7-10-31)33-13-17(20(30-33)21(24)25)28-23(35)15-12-26-32-11-8-19(29-22(15)32)27-16-4-2-3-5-18(16)34/h8,11-14,16,18,21,34H,2-7,9-10H2,1H3,(H,27,29)(H,28,35)/t16-,18+/m0/s1. The number of likely N-dealkylation sites (tertiary alicyclic amines) is 1. The Labute approximate surface area is 201 Å². The van der Waals surface area contributed by atoms with Crippen LogP contribution in [0, 0.1) is 0 Å². The lowest BCUT2D eigenvalue weighted by molar-refractivity contribution is 0.102. The van der Waals surface area contributed by atoms with E-state index in [1.807, 2.05) is 7.05 Å². The third kappa shape index (κ3) is 4.98. The van der Waals surface area contributed by atoms with Gasteiger partial charge in [-0.3, -0.25) is 9.48 Å². The summed E-state index contributed by atoms with van der Waals surface area (Å²) in [4.78, 5) is 19.8. The highest BCUT2D eigenvalue weighted by molar-refractivity contribution is 6.08. The van der Waals surface area contributed by atoms with Gasteiger partial charge in [0.15, 0.2) is 11.3 Å². The van der Waals surface area contributed by atoms with E-state index in [1.54, 1.807) is 16.9 Å². The molecular formula is C23H30F2N8O2. The lowest BCUT2D eigenvalue weighted by Gasteiger charge is -2.28. The quantitative estimate of drug-likeness (QED) is 0.489. The molecule has 2 atom stereocenters. The average molecular weight is 489 g/mol. The smallest absolute Gasteiger partial charge is 0.284 e. The Morgan fingerprint density at radius 2 is 1.97 bits per heavy atom. The Morgan fingerprint density at radius 3 is 2.71 bits per heavy atom. The van der Waals surface area contributed by atoms with Crippen molar-refractivity contribution < 1.29 is 18.7 Å². The van der Waals surface area contributed by atoms with Crippen molar-refractivity contribution in [3.63, 3.8) is 0 Å². The van der Waals surface area contributed by atoms with Gasteiger partial charge in [-0.05, 0) is 51.9 Å². The van der Waals surface area contributed by atoms with Gasteiger partial charge in [-0.1, -0.05) is 12.8 Å². The summed E-state index contributed by atoms with van der Waals surface area (Å²) in [6, 6.07) is 1.62. The molecule has 0 radical (unpaired) electrons. The number of aliphatic hydroxyl groups excluding tert-OH is 1. The first-order valence-corrected chi connectivity index (χ1v) is 12.0. The SMILES string of the molecule is CN1CCC(n2cc(NC(=O)c3cnn4ccc(N[C@H]5CCCC[C@H]5O)nc34)c(C(F)F)n2)CC1. The van der Waals surface area contributed by atoms with Gasteiger partial charge in [0.2, 0.25) is 0 Å². The number of fused-ring (bicyclic) bond motifs is 1. The molecule has 10 nitrogen and oxygen atoms in total. The van der Waals surface area contributed by atoms with Crippen LogP contribution in [0.15, 0.2) is 24.7 Å². The van der Waals surface area contributed by atoms with Gasteiger partial charge >= 0.3 is 0 Å². The predicted molar refractivity (Wildman–Crippen MR) is 126 cm³/mol. The summed E-state index contributed by atoms with van der Waals surface area (Å²) >= 11 is 0. The summed E-state index contributed by atoms with van der Waals surface area (Å²) < 4.78 is 30.5. The zero-order chi connectivity index (χ0) is 24.5. The van der Waals surface area contributed by atoms with Crippen LogP contribution in [0.1, 0.15) is 67.0 Å². The molecule has 0 bridgehead atoms. The summed E-state index contributed by atoms with van der Waals surface area (Å²) in [5.74, 6) is -0.0754. The van der Waals surface area contributed by atoms with Crippen molar-refractivity contribution in [3.05, 3.63) is 35.9 Å². The summed E-state index contributed by atoms with van der Waals surface area (Å²) in [5, 5.41) is 24.4. The first-order chi connectivity index (χ1) is 16.9. The highest BCUT2D eigenvalue weighted by Crippen LogP contribution is 2.30. The second-order valence-electron chi connectivity index (χ2n) is 9.44. The van der Waals surface area contributed by atoms with Crippen molar-refractivity contribution in [2.45, 2.75) is 63.1 Å². The van der Waals surface area contributed by atoms with Gasteiger partial charge in [0.25, 0.3) is 12.3 Å². The molecular weight excluding hydrogens is 458 g/mol. The first-order valence-electron chi connectivity index (χ1n) is 12.0. The molecule has 1 saturated heterocycles. The van der Waals surface area contributed by atoms with Crippen molar-refractivity contribution >= 4 is 23.1 Å². The van der Waals surface area contributed by atoms with Crippen LogP contribution in [0.5, 0.6) is 0 Å². The number of rotatable bonds is 6. The van der Waals surface area contributed by atoms with Crippen LogP contribution in [0.25, 0.3) is 5.65 Å². The molecule has 0 unspecified atom stereocenters. The highest BCUT2D eigenvalue weighted by Gasteiger charge is 2.27. The van der Waals surface area contributed by atoms with Crippen LogP contribution in [0.4, 0.5) is 20.3 Å². The normalized spacial score (nSPS) is 22.1. The Hall–Kier alpha value is -3.12. The van der Waals surface area contributed by atoms with Gasteiger partial charge in [-0.2, -0.15) is 10.2 Å². The fraction of sp³-hybridized carbons (Fsp3) is 0.565. The minimum atomic E-state index is -2.82. The van der Waals surface area contributed by atoms with Gasteiger partial charge < -0.3 is 20.6 Å². The van der Waals surface area contributed by atoms with E-state index < -0.39 is 24.1 Å². The van der Waals surface area contributed by atoms with E-state index in [4.69, 9.17) is 0 Å². The van der Waals surface area contributed by atoms with Gasteiger partial charge in [0.05, 0.1) is 30.1 Å². The number of nitrogens with zero attached hydrogens (tertiary/aromatic N) is 6. The second kappa shape index (κ2) is 9.86. The summed E-state index contributed by atoms with van der Waals surface area (Å²) in [5.41, 5.74) is -0.0116. The van der Waals surface area contributed by atoms with E-state index in [0.717, 1.165) is 51.6 Å². The van der Waals surface area contributed by atoms with Crippen LogP contribution in [0.3, 0.4) is 0 Å². The predicted octanol–water partition coefficient (Wildman–Crippen LogP) is 3.10. The van der Waals surface area contributed by atoms with Crippen LogP contribution in [-0.4, -0.2) is 72.6 Å². The summed E-state index contributed by atoms with van der Waals surface area (Å²) in [7, 11) is 2.03. The van der Waals surface area contributed by atoms with E-state index in [0.29, 0.717) is 11.5 Å². The number of carbonyl (C=O) groups is 1. The molecule has 188 valence electrons. The second-order valence-corrected chi connectivity index (χ2v) is 9.44. The maximum atomic E-state index is 13.7. The molecule has 1 amide bonds. The number of amides is 1. The van der Waals surface area contributed by atoms with E-state index in [1.165, 1.54) is 16.9 Å². The van der Waals surface area contributed by atoms with Gasteiger partial charge in [-0.25, -0.2) is 18.3 Å². The average Bonchev–Trinajstić information content (AvgIpc) is 3.45. The molecule has 0 spiro atoms. The first kappa shape index (κ1) is 23.6. The van der Waals surface area contributed by atoms with Gasteiger partial charge in [-0.15, -0.1) is 0 Å². The number of hydrogen-bond acceptors (Lipinski definition) is 7. The largest absolute Gasteiger partial charge is 0.391 e. The van der Waals surface area contributed by atoms with Crippen molar-refractivity contribution in [2.75, 3.05) is 30.8 Å². The molecule has 3 aromatic rings. The van der Waals surface area contributed by atoms with Crippen LogP contribution >= 0.6 is 0 Å². The maximum absolute atomic E-state index is 13.7. The number of carbonyl (C=O) groups excluding carboxylic acids is 1. The fourth-order valence-corrected chi connectivity index (χ4v) is 4.88. The van der Waals surface area contributed by atoms with Gasteiger partial charge in [0.1, 0.15) is 11.4 Å². The van der Waals surface area contributed by atoms with Crippen LogP contribution in [0.2, 0.25) is 0 Å². The maximum Gasteiger partial charge on any atom is 0.284 e. The highest BCUT2D eigenvalue weighted by atomic mass is 19.3. The number of aromatic nitrogens is 5. The Balaban J connectivity index is 1.36. The topological polar surface area (TPSA) is 113 Å². The Bertz CT molecular complexity index is 1190. The minimum absolute atomic E-state index is 0.0109. The number of hydrogen-bond donors (Lipinski definition) is 3. The number of alkyl halides is 2. The molecule has 1 aliphatic heterocycles. The molecule has 2 aliphatic rings. The van der Waals surface area contributed by atoms with E-state index in [9.17, 15) is 18.7 Å². The van der Waals surface area contributed by atoms with E-state index in [-0.39, 0.29) is 23.3 Å². The zero-order valence-electron chi connectivity index (χ0n) is 19.6. The number of piperidine rings is 1. The van der Waals surface area contributed by atoms with Crippen molar-refractivity contribution in [2.24, 2.45) is 0 Å². The van der Waals surface area contributed by atoms with Crippen molar-refractivity contribution in [3.8, 4) is 0 Å². The molecule has 3 aromatic heterocycles. The van der Waals surface area contributed by atoms with Gasteiger partial charge in [0, 0.05) is 12.4 Å². The number of nitrogens with one attached hydrogen (secondary N) is 2. The third-order valence-electron chi connectivity index (χ3n) is 6.95. The molecule has 4 heterocycles. The minimum Gasteiger partial charge on any atom is -0.391 e. The fourth-order valence-electron chi connectivity index (χ4n) is 4.88. The van der Waals surface area contributed by atoms with Crippen molar-refractivity contribution in [1.29, 1.82) is 0 Å². The number of aliphatic hydroxyl groups is 1. The number of anilines is 2. The molecule has 0 aromatic carbocycles. The monoisotopic (exact) mass is 488 g/mol. The van der Waals surface area contributed by atoms with Crippen LogP contribution in [-0.2, 0) is 0 Å². The van der Waals surface area contributed by atoms with E-state index in [2.05, 4.69) is 30.7 Å². The lowest BCUT2D eigenvalue weighted by Crippen LogP contribution is -2.36. The lowest BCUT2D eigenvalue weighted by atomic mass is 9.93. The summed E-state index contributed by atoms with van der Waals surface area (Å²) in [6.45, 7) is 1.72.